The molecule has 0 aliphatic heterocycles. The molecule has 1 atom stereocenters. The number of amides is 1. The van der Waals surface area contributed by atoms with E-state index in [2.05, 4.69) is 0 Å². The van der Waals surface area contributed by atoms with Gasteiger partial charge in [-0.1, -0.05) is 26.0 Å². The highest BCUT2D eigenvalue weighted by molar-refractivity contribution is 7.92. The topological polar surface area (TPSA) is 132 Å². The van der Waals surface area contributed by atoms with E-state index in [1.165, 1.54) is 24.3 Å². The highest BCUT2D eigenvalue weighted by Crippen LogP contribution is 2.37. The van der Waals surface area contributed by atoms with E-state index in [9.17, 15) is 23.3 Å². The van der Waals surface area contributed by atoms with Gasteiger partial charge in [-0.25, -0.2) is 14.3 Å². The largest absolute Gasteiger partial charge is 0.293 e. The molecule has 0 aliphatic carbocycles. The normalized spacial score (nSPS) is 14.4. The summed E-state index contributed by atoms with van der Waals surface area (Å²) >= 11 is 0. The van der Waals surface area contributed by atoms with Gasteiger partial charge >= 0.3 is 0 Å². The SMILES string of the molecule is CC(C)CC(C(=O)NN)(c1ccc([N+](=O)[O-])cc1)S(C)(=O)=O. The summed E-state index contributed by atoms with van der Waals surface area (Å²) in [5, 5.41) is 10.7. The molecule has 122 valence electrons. The number of carbonyl (C=O) groups is 1. The number of benzene rings is 1. The lowest BCUT2D eigenvalue weighted by Crippen LogP contribution is -2.52. The summed E-state index contributed by atoms with van der Waals surface area (Å²) < 4.78 is 22.8. The van der Waals surface area contributed by atoms with Crippen molar-refractivity contribution in [2.24, 2.45) is 11.8 Å². The third-order valence-electron chi connectivity index (χ3n) is 3.37. The summed E-state index contributed by atoms with van der Waals surface area (Å²) in [6.45, 7) is 3.55. The van der Waals surface area contributed by atoms with E-state index in [0.717, 1.165) is 6.26 Å². The second-order valence-electron chi connectivity index (χ2n) is 5.47. The Bertz CT molecular complexity index is 669. The summed E-state index contributed by atoms with van der Waals surface area (Å²) in [4.78, 5) is 22.4. The van der Waals surface area contributed by atoms with Crippen LogP contribution in [-0.2, 0) is 19.4 Å². The van der Waals surface area contributed by atoms with Crippen molar-refractivity contribution in [1.29, 1.82) is 0 Å². The van der Waals surface area contributed by atoms with Crippen molar-refractivity contribution >= 4 is 21.4 Å². The predicted molar refractivity (Wildman–Crippen MR) is 81.4 cm³/mol. The Hall–Kier alpha value is -2.00. The predicted octanol–water partition coefficient (Wildman–Crippen LogP) is 0.871. The Kier molecular flexibility index (Phi) is 5.26. The number of hydrazine groups is 1. The molecular weight excluding hydrogens is 310 g/mol. The molecule has 0 radical (unpaired) electrons. The lowest BCUT2D eigenvalue weighted by Gasteiger charge is -2.32. The Morgan fingerprint density at radius 3 is 2.18 bits per heavy atom. The number of nitrogens with one attached hydrogen (secondary N) is 1. The number of hydrogen-bond acceptors (Lipinski definition) is 6. The van der Waals surface area contributed by atoms with Gasteiger partial charge in [0, 0.05) is 18.4 Å². The van der Waals surface area contributed by atoms with Crippen LogP contribution in [0.1, 0.15) is 25.8 Å². The molecule has 0 spiro atoms. The van der Waals surface area contributed by atoms with Crippen LogP contribution in [0, 0.1) is 16.0 Å². The Balaban J connectivity index is 3.61. The average Bonchev–Trinajstić information content (AvgIpc) is 2.42. The summed E-state index contributed by atoms with van der Waals surface area (Å²) in [6, 6.07) is 4.88. The first-order valence-electron chi connectivity index (χ1n) is 6.52. The van der Waals surface area contributed by atoms with Crippen molar-refractivity contribution < 1.29 is 18.1 Å². The minimum absolute atomic E-state index is 0.00662. The quantitative estimate of drug-likeness (QED) is 0.344. The Labute approximate surface area is 128 Å². The van der Waals surface area contributed by atoms with Gasteiger partial charge in [-0.15, -0.1) is 0 Å². The second kappa shape index (κ2) is 6.41. The maximum absolute atomic E-state index is 12.4. The standard InChI is InChI=1S/C13H19N3O5S/c1-9(2)8-13(12(17)15-14,22(3,20)21)10-4-6-11(7-5-10)16(18)19/h4-7,9H,8,14H2,1-3H3,(H,15,17). The minimum Gasteiger partial charge on any atom is -0.293 e. The number of sulfone groups is 1. The van der Waals surface area contributed by atoms with E-state index < -0.39 is 25.4 Å². The highest BCUT2D eigenvalue weighted by Gasteiger charge is 2.49. The van der Waals surface area contributed by atoms with Crippen LogP contribution < -0.4 is 11.3 Å². The molecule has 0 bridgehead atoms. The van der Waals surface area contributed by atoms with Gasteiger partial charge in [0.2, 0.25) is 0 Å². The molecule has 0 saturated heterocycles. The molecule has 1 amide bonds. The number of hydrogen-bond donors (Lipinski definition) is 2. The van der Waals surface area contributed by atoms with Crippen LogP contribution >= 0.6 is 0 Å². The molecule has 1 rings (SSSR count). The van der Waals surface area contributed by atoms with Crippen LogP contribution in [-0.4, -0.2) is 25.5 Å². The van der Waals surface area contributed by atoms with Crippen molar-refractivity contribution in [2.75, 3.05) is 6.26 Å². The number of nitrogens with zero attached hydrogens (tertiary/aromatic N) is 1. The molecule has 0 aliphatic rings. The van der Waals surface area contributed by atoms with Gasteiger partial charge in [0.05, 0.1) is 4.92 Å². The fourth-order valence-electron chi connectivity index (χ4n) is 2.42. The van der Waals surface area contributed by atoms with Crippen molar-refractivity contribution in [1.82, 2.24) is 5.43 Å². The molecule has 0 saturated carbocycles. The average molecular weight is 329 g/mol. The first-order chi connectivity index (χ1) is 10.1. The third kappa shape index (κ3) is 3.25. The minimum atomic E-state index is -3.88. The van der Waals surface area contributed by atoms with E-state index >= 15 is 0 Å². The zero-order valence-electron chi connectivity index (χ0n) is 12.6. The summed E-state index contributed by atoms with van der Waals surface area (Å²) in [5.41, 5.74) is 1.86. The molecule has 0 heterocycles. The van der Waals surface area contributed by atoms with E-state index in [4.69, 9.17) is 5.84 Å². The second-order valence-corrected chi connectivity index (χ2v) is 7.72. The smallest absolute Gasteiger partial charge is 0.269 e. The number of non-ortho nitro benzene ring substituents is 1. The van der Waals surface area contributed by atoms with E-state index in [1.807, 2.05) is 5.43 Å². The van der Waals surface area contributed by atoms with Gasteiger partial charge in [-0.2, -0.15) is 0 Å². The monoisotopic (exact) mass is 329 g/mol. The van der Waals surface area contributed by atoms with Gasteiger partial charge in [-0.05, 0) is 17.9 Å². The third-order valence-corrected chi connectivity index (χ3v) is 5.22. The summed E-state index contributed by atoms with van der Waals surface area (Å²) in [7, 11) is -3.88. The Morgan fingerprint density at radius 1 is 1.36 bits per heavy atom. The van der Waals surface area contributed by atoms with Crippen LogP contribution in [0.3, 0.4) is 0 Å². The lowest BCUT2D eigenvalue weighted by atomic mass is 9.88. The first kappa shape index (κ1) is 18.1. The number of carbonyl (C=O) groups excluding carboxylic acids is 1. The molecule has 9 heteroatoms. The summed E-state index contributed by atoms with van der Waals surface area (Å²) in [6.07, 6.45) is 0.957. The van der Waals surface area contributed by atoms with Crippen LogP contribution in [0.25, 0.3) is 0 Å². The number of nitro groups is 1. The fraction of sp³-hybridized carbons (Fsp3) is 0.462. The van der Waals surface area contributed by atoms with E-state index in [-0.39, 0.29) is 23.6 Å². The molecule has 1 aromatic carbocycles. The maximum Gasteiger partial charge on any atom is 0.269 e. The zero-order valence-corrected chi connectivity index (χ0v) is 13.4. The van der Waals surface area contributed by atoms with E-state index in [1.54, 1.807) is 13.8 Å². The van der Waals surface area contributed by atoms with Crippen molar-refractivity contribution in [2.45, 2.75) is 25.0 Å². The molecular formula is C13H19N3O5S. The zero-order chi connectivity index (χ0) is 17.1. The lowest BCUT2D eigenvalue weighted by molar-refractivity contribution is -0.384. The molecule has 0 fully saturated rings. The molecule has 0 aromatic heterocycles. The van der Waals surface area contributed by atoms with Gasteiger partial charge in [0.25, 0.3) is 11.6 Å². The molecule has 1 aromatic rings. The maximum atomic E-state index is 12.4. The molecule has 1 unspecified atom stereocenters. The van der Waals surface area contributed by atoms with Crippen LogP contribution in [0.4, 0.5) is 5.69 Å². The number of rotatable bonds is 6. The molecule has 3 N–H and O–H groups in total. The number of nitro benzene ring substituents is 1. The van der Waals surface area contributed by atoms with Gasteiger partial charge in [0.15, 0.2) is 14.6 Å². The van der Waals surface area contributed by atoms with Crippen molar-refractivity contribution in [3.63, 3.8) is 0 Å². The van der Waals surface area contributed by atoms with Gasteiger partial charge in [0.1, 0.15) is 0 Å². The first-order valence-corrected chi connectivity index (χ1v) is 8.41. The number of nitrogens with two attached hydrogens (primary N) is 1. The molecule has 22 heavy (non-hydrogen) atoms. The van der Waals surface area contributed by atoms with Gasteiger partial charge in [-0.3, -0.25) is 20.3 Å². The molecule has 8 nitrogen and oxygen atoms in total. The Morgan fingerprint density at radius 2 is 1.86 bits per heavy atom. The fourth-order valence-corrected chi connectivity index (χ4v) is 4.02. The van der Waals surface area contributed by atoms with Crippen molar-refractivity contribution in [3.8, 4) is 0 Å². The van der Waals surface area contributed by atoms with Gasteiger partial charge < -0.3 is 0 Å². The van der Waals surface area contributed by atoms with Crippen molar-refractivity contribution in [3.05, 3.63) is 39.9 Å². The van der Waals surface area contributed by atoms with Crippen LogP contribution in [0.2, 0.25) is 0 Å². The summed E-state index contributed by atoms with van der Waals surface area (Å²) in [5.74, 6) is 4.19. The van der Waals surface area contributed by atoms with Crippen LogP contribution in [0.15, 0.2) is 24.3 Å². The van der Waals surface area contributed by atoms with Crippen LogP contribution in [0.5, 0.6) is 0 Å². The van der Waals surface area contributed by atoms with E-state index in [0.29, 0.717) is 0 Å². The highest BCUT2D eigenvalue weighted by atomic mass is 32.2.